The van der Waals surface area contributed by atoms with E-state index in [1.165, 1.54) is 37.4 Å². The summed E-state index contributed by atoms with van der Waals surface area (Å²) in [6.07, 6.45) is 0. The smallest absolute Gasteiger partial charge is 0.278 e. The molecule has 0 spiro atoms. The number of amides is 1. The number of carbonyl (C=O) groups is 1. The molecule has 0 radical (unpaired) electrons. The van der Waals surface area contributed by atoms with Crippen molar-refractivity contribution in [1.29, 1.82) is 0 Å². The van der Waals surface area contributed by atoms with E-state index in [1.807, 2.05) is 39.0 Å². The van der Waals surface area contributed by atoms with Crippen LogP contribution in [0.3, 0.4) is 0 Å². The number of ether oxygens (including phenoxy) is 2. The van der Waals surface area contributed by atoms with Crippen molar-refractivity contribution in [3.8, 4) is 11.5 Å². The first-order chi connectivity index (χ1) is 15.6. The predicted molar refractivity (Wildman–Crippen MR) is 130 cm³/mol. The van der Waals surface area contributed by atoms with Crippen molar-refractivity contribution in [3.63, 3.8) is 0 Å². The summed E-state index contributed by atoms with van der Waals surface area (Å²) in [7, 11) is -2.78. The summed E-state index contributed by atoms with van der Waals surface area (Å²) in [6.45, 7) is 5.47. The zero-order valence-electron chi connectivity index (χ0n) is 18.9. The molecule has 0 aliphatic carbocycles. The molecule has 0 aliphatic heterocycles. The molecule has 33 heavy (non-hydrogen) atoms. The molecular weight excluding hydrogens is 462 g/mol. The van der Waals surface area contributed by atoms with Gasteiger partial charge in [-0.3, -0.25) is 4.79 Å². The van der Waals surface area contributed by atoms with Crippen molar-refractivity contribution >= 4 is 33.2 Å². The maximum Gasteiger partial charge on any atom is 0.278 e. The Bertz CT molecular complexity index is 1240. The van der Waals surface area contributed by atoms with E-state index < -0.39 is 22.5 Å². The van der Waals surface area contributed by atoms with Crippen LogP contribution in [0.25, 0.3) is 0 Å². The molecule has 0 aliphatic rings. The minimum Gasteiger partial charge on any atom is -0.495 e. The van der Waals surface area contributed by atoms with Gasteiger partial charge in [-0.15, -0.1) is 0 Å². The van der Waals surface area contributed by atoms with Gasteiger partial charge in [-0.1, -0.05) is 55.3 Å². The highest BCUT2D eigenvalue weighted by atomic mass is 35.5. The number of anilines is 1. The number of benzene rings is 3. The average molecular weight is 488 g/mol. The summed E-state index contributed by atoms with van der Waals surface area (Å²) in [4.78, 5) is 13.2. The summed E-state index contributed by atoms with van der Waals surface area (Å²) >= 11 is 6.23. The standard InChI is InChI=1S/C25H26ClNO5S/c1-17(2)19-6-5-7-21(14-19)32-16-25(28)27(20-10-13-24(31-4)23(26)15-20)33(29,30)22-11-8-18(3)9-12-22/h5-15,17H,16H2,1-4H3. The molecular formula is C25H26ClNO5S. The van der Waals surface area contributed by atoms with Crippen LogP contribution in [0, 0.1) is 6.92 Å². The molecule has 0 unspecified atom stereocenters. The highest BCUT2D eigenvalue weighted by Gasteiger charge is 2.32. The maximum absolute atomic E-state index is 13.5. The molecule has 3 aromatic carbocycles. The van der Waals surface area contributed by atoms with Crippen LogP contribution in [0.1, 0.15) is 30.9 Å². The van der Waals surface area contributed by atoms with Gasteiger partial charge in [-0.25, -0.2) is 8.42 Å². The van der Waals surface area contributed by atoms with E-state index in [9.17, 15) is 13.2 Å². The molecule has 0 fully saturated rings. The lowest BCUT2D eigenvalue weighted by Gasteiger charge is -2.23. The van der Waals surface area contributed by atoms with Crippen molar-refractivity contribution in [2.75, 3.05) is 18.0 Å². The number of nitrogens with zero attached hydrogens (tertiary/aromatic N) is 1. The number of methoxy groups -OCH3 is 1. The summed E-state index contributed by atoms with van der Waals surface area (Å²) in [6, 6.07) is 18.0. The molecule has 0 N–H and O–H groups in total. The largest absolute Gasteiger partial charge is 0.495 e. The molecule has 174 valence electrons. The number of hydrogen-bond acceptors (Lipinski definition) is 5. The number of carbonyl (C=O) groups excluding carboxylic acids is 1. The van der Waals surface area contributed by atoms with Crippen LogP contribution in [0.4, 0.5) is 5.69 Å². The Hall–Kier alpha value is -3.03. The van der Waals surface area contributed by atoms with Crippen molar-refractivity contribution < 1.29 is 22.7 Å². The lowest BCUT2D eigenvalue weighted by atomic mass is 10.0. The van der Waals surface area contributed by atoms with E-state index in [2.05, 4.69) is 0 Å². The van der Waals surface area contributed by atoms with Gasteiger partial charge in [0.15, 0.2) is 6.61 Å². The van der Waals surface area contributed by atoms with Crippen LogP contribution in [0.2, 0.25) is 5.02 Å². The van der Waals surface area contributed by atoms with Crippen molar-refractivity contribution in [3.05, 3.63) is 82.9 Å². The first-order valence-electron chi connectivity index (χ1n) is 10.3. The minimum atomic E-state index is -4.23. The fourth-order valence-electron chi connectivity index (χ4n) is 3.18. The first kappa shape index (κ1) is 24.6. The SMILES string of the molecule is COc1ccc(N(C(=O)COc2cccc(C(C)C)c2)S(=O)(=O)c2ccc(C)cc2)cc1Cl. The molecule has 0 aromatic heterocycles. The van der Waals surface area contributed by atoms with E-state index in [4.69, 9.17) is 21.1 Å². The molecule has 1 amide bonds. The molecule has 8 heteroatoms. The summed E-state index contributed by atoms with van der Waals surface area (Å²) in [5.41, 5.74) is 2.03. The second-order valence-corrected chi connectivity index (χ2v) is 10.0. The van der Waals surface area contributed by atoms with E-state index in [1.54, 1.807) is 18.2 Å². The Labute approximate surface area is 199 Å². The van der Waals surface area contributed by atoms with E-state index in [0.29, 0.717) is 11.5 Å². The van der Waals surface area contributed by atoms with Crippen LogP contribution >= 0.6 is 11.6 Å². The Morgan fingerprint density at radius 2 is 1.73 bits per heavy atom. The number of aryl methyl sites for hydroxylation is 1. The first-order valence-corrected chi connectivity index (χ1v) is 12.2. The number of sulfonamides is 1. The van der Waals surface area contributed by atoms with Crippen molar-refractivity contribution in [2.45, 2.75) is 31.6 Å². The molecule has 0 heterocycles. The van der Waals surface area contributed by atoms with Gasteiger partial charge in [0.05, 0.1) is 22.7 Å². The van der Waals surface area contributed by atoms with Gasteiger partial charge in [0.1, 0.15) is 11.5 Å². The molecule has 6 nitrogen and oxygen atoms in total. The van der Waals surface area contributed by atoms with E-state index in [0.717, 1.165) is 15.4 Å². The van der Waals surface area contributed by atoms with Crippen molar-refractivity contribution in [2.24, 2.45) is 0 Å². The zero-order chi connectivity index (χ0) is 24.2. The van der Waals surface area contributed by atoms with Gasteiger partial charge in [-0.2, -0.15) is 4.31 Å². The number of halogens is 1. The number of rotatable bonds is 8. The molecule has 0 saturated heterocycles. The van der Waals surface area contributed by atoms with Crippen molar-refractivity contribution in [1.82, 2.24) is 0 Å². The normalized spacial score (nSPS) is 11.3. The van der Waals surface area contributed by atoms with E-state index >= 15 is 0 Å². The Morgan fingerprint density at radius 1 is 1.03 bits per heavy atom. The Kier molecular flexibility index (Phi) is 7.66. The average Bonchev–Trinajstić information content (AvgIpc) is 2.78. The monoisotopic (exact) mass is 487 g/mol. The summed E-state index contributed by atoms with van der Waals surface area (Å²) < 4.78 is 38.5. The maximum atomic E-state index is 13.5. The second kappa shape index (κ2) is 10.3. The second-order valence-electron chi connectivity index (χ2n) is 7.81. The quantitative estimate of drug-likeness (QED) is 0.414. The van der Waals surface area contributed by atoms with Crippen LogP contribution in [0.15, 0.2) is 71.6 Å². The summed E-state index contributed by atoms with van der Waals surface area (Å²) in [5, 5.41) is 0.178. The molecule has 0 bridgehead atoms. The molecule has 0 saturated carbocycles. The fraction of sp³-hybridized carbons (Fsp3) is 0.240. The molecule has 3 aromatic rings. The fourth-order valence-corrected chi connectivity index (χ4v) is 4.84. The van der Waals surface area contributed by atoms with Crippen LogP contribution < -0.4 is 13.8 Å². The third-order valence-electron chi connectivity index (χ3n) is 5.04. The zero-order valence-corrected chi connectivity index (χ0v) is 20.5. The summed E-state index contributed by atoms with van der Waals surface area (Å²) in [5.74, 6) is 0.369. The third kappa shape index (κ3) is 5.67. The number of hydrogen-bond donors (Lipinski definition) is 0. The third-order valence-corrected chi connectivity index (χ3v) is 7.10. The molecule has 0 atom stereocenters. The minimum absolute atomic E-state index is 0.0183. The van der Waals surface area contributed by atoms with Gasteiger partial charge in [0.25, 0.3) is 15.9 Å². The van der Waals surface area contributed by atoms with Crippen LogP contribution in [0.5, 0.6) is 11.5 Å². The van der Waals surface area contributed by atoms with Gasteiger partial charge >= 0.3 is 0 Å². The van der Waals surface area contributed by atoms with Gasteiger partial charge < -0.3 is 9.47 Å². The van der Waals surface area contributed by atoms with Crippen LogP contribution in [-0.4, -0.2) is 28.0 Å². The highest BCUT2D eigenvalue weighted by Crippen LogP contribution is 2.32. The van der Waals surface area contributed by atoms with Gasteiger partial charge in [0.2, 0.25) is 0 Å². The highest BCUT2D eigenvalue weighted by molar-refractivity contribution is 7.93. The lowest BCUT2D eigenvalue weighted by molar-refractivity contribution is -0.119. The lowest BCUT2D eigenvalue weighted by Crippen LogP contribution is -2.40. The van der Waals surface area contributed by atoms with E-state index in [-0.39, 0.29) is 21.5 Å². The topological polar surface area (TPSA) is 72.9 Å². The van der Waals surface area contributed by atoms with Gasteiger partial charge in [-0.05, 0) is 60.9 Å². The molecule has 3 rings (SSSR count). The van der Waals surface area contributed by atoms with Gasteiger partial charge in [0, 0.05) is 0 Å². The Morgan fingerprint density at radius 3 is 2.33 bits per heavy atom. The predicted octanol–water partition coefficient (Wildman–Crippen LogP) is 5.58. The Balaban J connectivity index is 1.97. The van der Waals surface area contributed by atoms with Crippen LogP contribution in [-0.2, 0) is 14.8 Å².